The first-order chi connectivity index (χ1) is 42.2. The summed E-state index contributed by atoms with van der Waals surface area (Å²) in [6.07, 6.45) is 3.26. The van der Waals surface area contributed by atoms with Crippen LogP contribution in [0.2, 0.25) is 0 Å². The van der Waals surface area contributed by atoms with Crippen molar-refractivity contribution < 1.29 is 95.3 Å². The van der Waals surface area contributed by atoms with Crippen LogP contribution in [0, 0.1) is 60.2 Å². The van der Waals surface area contributed by atoms with Gasteiger partial charge in [0.2, 0.25) is 0 Å². The molecule has 24 heteroatoms. The van der Waals surface area contributed by atoms with Gasteiger partial charge in [0.15, 0.2) is 0 Å². The third-order valence-corrected chi connectivity index (χ3v) is 17.0. The minimum Gasteiger partial charge on any atom is -0.465 e. The lowest BCUT2D eigenvalue weighted by atomic mass is 9.82. The van der Waals surface area contributed by atoms with Crippen LogP contribution in [0.1, 0.15) is 113 Å². The third kappa shape index (κ3) is 20.7. The molecule has 1 aliphatic heterocycles. The molecular weight excluding hydrogens is 1180 g/mol. The second-order valence-electron chi connectivity index (χ2n) is 20.9. The summed E-state index contributed by atoms with van der Waals surface area (Å²) in [6.45, 7) is 12.9. The van der Waals surface area contributed by atoms with Crippen LogP contribution in [0.5, 0.6) is 23.0 Å². The molecule has 88 heavy (non-hydrogen) atoms. The Labute approximate surface area is 517 Å². The van der Waals surface area contributed by atoms with Crippen molar-refractivity contribution in [3.63, 3.8) is 0 Å². The van der Waals surface area contributed by atoms with Crippen LogP contribution in [0.3, 0.4) is 0 Å². The van der Waals surface area contributed by atoms with Crippen LogP contribution >= 0.6 is 23.5 Å². The summed E-state index contributed by atoms with van der Waals surface area (Å²) in [4.78, 5) is 126. The number of benzene rings is 3. The second-order valence-corrected chi connectivity index (χ2v) is 23.2. The summed E-state index contributed by atoms with van der Waals surface area (Å²) in [5.74, 6) is -6.74. The highest BCUT2D eigenvalue weighted by atomic mass is 32.2. The van der Waals surface area contributed by atoms with Crippen LogP contribution in [0.15, 0.2) is 93.4 Å². The number of ether oxygens (including phenoxy) is 10. The molecule has 0 bridgehead atoms. The van der Waals surface area contributed by atoms with E-state index >= 15 is 0 Å². The van der Waals surface area contributed by atoms with Gasteiger partial charge in [-0.3, -0.25) is 38.4 Å². The van der Waals surface area contributed by atoms with Gasteiger partial charge in [-0.2, -0.15) is 10.5 Å². The highest BCUT2D eigenvalue weighted by Crippen LogP contribution is 2.61. The van der Waals surface area contributed by atoms with Gasteiger partial charge < -0.3 is 47.4 Å². The molecule has 3 aromatic carbocycles. The first-order valence-electron chi connectivity index (χ1n) is 28.6. The average Bonchev–Trinajstić information content (AvgIpc) is 1.64. The van der Waals surface area contributed by atoms with Crippen molar-refractivity contribution in [3.05, 3.63) is 106 Å². The van der Waals surface area contributed by atoms with Crippen molar-refractivity contribution >= 4 is 83.2 Å². The molecule has 0 radical (unpaired) electrons. The first kappa shape index (κ1) is 68.4. The fraction of sp³-hybridized carbons (Fsp3) is 0.438. The highest BCUT2D eigenvalue weighted by Gasteiger charge is 2.38. The highest BCUT2D eigenvalue weighted by molar-refractivity contribution is 8.24. The SMILES string of the molecule is C=CC(=O)OCC(C)OC(=O)CCC(=O)OCCc1ccc(OC(=O)[C@H]2CC[C@H](C(=O)Oc3c(C)c(C)c(OC(=O)[C@H]4CC[C@H](C(=O)Oc5ccc(CCOC(=O)CCC(=O)OC(C)COC(=O)C=C)cc5)CC4)c4c3SC(=C(C#N)C#N)S4)CC2)cc1. The fourth-order valence-corrected chi connectivity index (χ4v) is 12.0. The number of hydrogen-bond donors (Lipinski definition) is 0. The van der Waals surface area contributed by atoms with Gasteiger partial charge in [-0.15, -0.1) is 0 Å². The van der Waals surface area contributed by atoms with Crippen molar-refractivity contribution in [3.8, 4) is 35.1 Å². The Hall–Kier alpha value is -8.74. The molecule has 22 nitrogen and oxygen atoms in total. The van der Waals surface area contributed by atoms with E-state index in [4.69, 9.17) is 47.4 Å². The summed E-state index contributed by atoms with van der Waals surface area (Å²) >= 11 is 2.14. The normalized spacial score (nSPS) is 17.3. The van der Waals surface area contributed by atoms with Crippen LogP contribution in [-0.4, -0.2) is 98.3 Å². The quantitative estimate of drug-likeness (QED) is 0.0215. The van der Waals surface area contributed by atoms with Crippen LogP contribution in [-0.2, 0) is 89.2 Å². The Bertz CT molecular complexity index is 3020. The molecule has 1 heterocycles. The number of nitrogens with zero attached hydrogens (tertiary/aromatic N) is 2. The smallest absolute Gasteiger partial charge is 0.330 e. The molecule has 466 valence electrons. The zero-order chi connectivity index (χ0) is 63.9. The van der Waals surface area contributed by atoms with E-state index in [1.54, 1.807) is 76.2 Å². The third-order valence-electron chi connectivity index (χ3n) is 14.4. The molecule has 0 saturated heterocycles. The van der Waals surface area contributed by atoms with Gasteiger partial charge in [-0.05, 0) is 126 Å². The first-order valence-corrected chi connectivity index (χ1v) is 30.2. The lowest BCUT2D eigenvalue weighted by Gasteiger charge is -2.27. The van der Waals surface area contributed by atoms with Gasteiger partial charge in [0.05, 0.1) is 76.6 Å². The maximum atomic E-state index is 13.9. The Morgan fingerprint density at radius 3 is 1.14 bits per heavy atom. The van der Waals surface area contributed by atoms with Crippen molar-refractivity contribution in [2.75, 3.05) is 26.4 Å². The summed E-state index contributed by atoms with van der Waals surface area (Å²) in [5.41, 5.74) is 2.45. The van der Waals surface area contributed by atoms with E-state index in [1.165, 1.54) is 0 Å². The molecular formula is C64H68N2O20S2. The minimum atomic E-state index is -0.700. The second kappa shape index (κ2) is 34.0. The number of nitriles is 2. The molecule has 3 aromatic rings. The van der Waals surface area contributed by atoms with Crippen molar-refractivity contribution in [2.45, 2.75) is 140 Å². The van der Waals surface area contributed by atoms with E-state index in [9.17, 15) is 58.5 Å². The van der Waals surface area contributed by atoms with Crippen LogP contribution < -0.4 is 18.9 Å². The topological polar surface area (TPSA) is 311 Å². The molecule has 2 unspecified atom stereocenters. The Balaban J connectivity index is 0.933. The molecule has 0 amide bonds. The maximum Gasteiger partial charge on any atom is 0.330 e. The standard InChI is InChI=1S/C64H68N2O20S2/c1-7-50(67)79-35-37(3)81-54(71)27-25-52(69)77-31-29-41-9-21-48(22-10-41)83-60(73)43-13-17-45(18-14-43)62(75)85-56-39(5)40(6)57(59-58(56)87-64(88-59)47(33-65)34-66)86-63(76)46-19-15-44(16-20-46)61(74)84-49-23-11-42(12-24-49)30-32-78-53(70)26-28-55(72)82-38(4)36-80-51(68)8-2/h7-12,21-24,37-38,43-46H,1-2,13-20,25-32,35-36H2,3-6H3/t37?,38?,43-,44-,45-,46-. The van der Waals surface area contributed by atoms with Gasteiger partial charge in [-0.1, -0.05) is 60.9 Å². The lowest BCUT2D eigenvalue weighted by molar-refractivity contribution is -0.157. The summed E-state index contributed by atoms with van der Waals surface area (Å²) in [5, 5.41) is 19.6. The van der Waals surface area contributed by atoms with Gasteiger partial charge >= 0.3 is 59.7 Å². The van der Waals surface area contributed by atoms with E-state index in [0.717, 1.165) is 46.8 Å². The molecule has 2 aliphatic carbocycles. The van der Waals surface area contributed by atoms with Crippen molar-refractivity contribution in [1.29, 1.82) is 10.5 Å². The maximum absolute atomic E-state index is 13.9. The number of thioether (sulfide) groups is 2. The Morgan fingerprint density at radius 2 is 0.818 bits per heavy atom. The monoisotopic (exact) mass is 1250 g/mol. The molecule has 3 aliphatic rings. The van der Waals surface area contributed by atoms with Gasteiger partial charge in [0, 0.05) is 25.0 Å². The fourth-order valence-electron chi connectivity index (χ4n) is 9.36. The number of hydrogen-bond acceptors (Lipinski definition) is 24. The number of carbonyl (C=O) groups excluding carboxylic acids is 10. The molecule has 2 fully saturated rings. The molecule has 2 atom stereocenters. The number of esters is 10. The molecule has 0 spiro atoms. The van der Waals surface area contributed by atoms with E-state index < -0.39 is 95.6 Å². The average molecular weight is 1250 g/mol. The number of allylic oxidation sites excluding steroid dienone is 1. The minimum absolute atomic E-state index is 0.0467. The molecule has 0 aromatic heterocycles. The van der Waals surface area contributed by atoms with Gasteiger partial charge in [0.25, 0.3) is 0 Å². The number of carbonyl (C=O) groups is 10. The summed E-state index contributed by atoms with van der Waals surface area (Å²) in [7, 11) is 0. The lowest BCUT2D eigenvalue weighted by Crippen LogP contribution is -2.31. The Kier molecular flexibility index (Phi) is 26.4. The van der Waals surface area contributed by atoms with E-state index in [-0.39, 0.29) is 69.2 Å². The van der Waals surface area contributed by atoms with Gasteiger partial charge in [0.1, 0.15) is 66.1 Å². The number of rotatable bonds is 28. The zero-order valence-electron chi connectivity index (χ0n) is 49.3. The largest absolute Gasteiger partial charge is 0.465 e. The van der Waals surface area contributed by atoms with Gasteiger partial charge in [-0.25, -0.2) is 9.59 Å². The summed E-state index contributed by atoms with van der Waals surface area (Å²) < 4.78 is 54.4. The van der Waals surface area contributed by atoms with Crippen LogP contribution in [0.25, 0.3) is 0 Å². The number of fused-ring (bicyclic) bond motifs is 1. The molecule has 6 rings (SSSR count). The summed E-state index contributed by atoms with van der Waals surface area (Å²) in [6, 6.07) is 17.3. The zero-order valence-corrected chi connectivity index (χ0v) is 50.9. The molecule has 0 N–H and O–H groups in total. The van der Waals surface area contributed by atoms with Crippen LogP contribution in [0.4, 0.5) is 0 Å². The van der Waals surface area contributed by atoms with E-state index in [2.05, 4.69) is 13.2 Å². The van der Waals surface area contributed by atoms with E-state index in [1.807, 2.05) is 12.1 Å². The van der Waals surface area contributed by atoms with Crippen molar-refractivity contribution in [1.82, 2.24) is 0 Å². The van der Waals surface area contributed by atoms with Crippen molar-refractivity contribution in [2.24, 2.45) is 23.7 Å². The molecule has 2 saturated carbocycles. The van der Waals surface area contributed by atoms with E-state index in [0.29, 0.717) is 101 Å². The predicted octanol–water partition coefficient (Wildman–Crippen LogP) is 9.45. The Morgan fingerprint density at radius 1 is 0.500 bits per heavy atom. The predicted molar refractivity (Wildman–Crippen MR) is 313 cm³/mol.